The van der Waals surface area contributed by atoms with Gasteiger partial charge in [0.25, 0.3) is 5.91 Å². The maximum atomic E-state index is 13.2. The third-order valence-electron chi connectivity index (χ3n) is 6.29. The number of hydrogen-bond donors (Lipinski definition) is 0. The fourth-order valence-corrected chi connectivity index (χ4v) is 4.85. The van der Waals surface area contributed by atoms with Gasteiger partial charge in [-0.1, -0.05) is 30.3 Å². The average Bonchev–Trinajstić information content (AvgIpc) is 3.34. The van der Waals surface area contributed by atoms with Gasteiger partial charge in [0, 0.05) is 30.9 Å². The molecule has 1 unspecified atom stereocenters. The van der Waals surface area contributed by atoms with E-state index >= 15 is 0 Å². The lowest BCUT2D eigenvalue weighted by Crippen LogP contribution is -2.48. The Labute approximate surface area is 170 Å². The molecular weight excluding hydrogens is 362 g/mol. The van der Waals surface area contributed by atoms with Crippen molar-refractivity contribution < 1.29 is 4.79 Å². The molecule has 2 aliphatic rings. The molecule has 0 radical (unpaired) electrons. The van der Waals surface area contributed by atoms with Crippen molar-refractivity contribution in [3.63, 3.8) is 0 Å². The highest BCUT2D eigenvalue weighted by molar-refractivity contribution is 5.93. The van der Waals surface area contributed by atoms with Crippen molar-refractivity contribution in [1.29, 1.82) is 0 Å². The molecule has 1 saturated heterocycles. The summed E-state index contributed by atoms with van der Waals surface area (Å²) in [6.45, 7) is 4.14. The van der Waals surface area contributed by atoms with Crippen LogP contribution in [0.25, 0.3) is 0 Å². The zero-order valence-electron chi connectivity index (χ0n) is 16.7. The van der Waals surface area contributed by atoms with E-state index in [0.717, 1.165) is 44.6 Å². The highest BCUT2D eigenvalue weighted by Gasteiger charge is 2.44. The normalized spacial score (nSPS) is 20.8. The fraction of sp³-hybridized carbons (Fsp3) is 0.391. The largest absolute Gasteiger partial charge is 0.338 e. The number of fused-ring (bicyclic) bond motifs is 2. The number of carbonyl (C=O) groups is 1. The Kier molecular flexibility index (Phi) is 4.42. The Balaban J connectivity index is 1.35. The van der Waals surface area contributed by atoms with Crippen LogP contribution < -0.4 is 0 Å². The van der Waals surface area contributed by atoms with Crippen molar-refractivity contribution in [3.05, 3.63) is 77.1 Å². The SMILES string of the molecule is Cc1ncc2c(n1)C1(CCCN(C(=O)c3cnn(Cc4ccccc4)c3)C1)CC2. The van der Waals surface area contributed by atoms with E-state index in [1.165, 1.54) is 16.8 Å². The van der Waals surface area contributed by atoms with Crippen molar-refractivity contribution in [1.82, 2.24) is 24.6 Å². The maximum Gasteiger partial charge on any atom is 0.257 e. The van der Waals surface area contributed by atoms with Gasteiger partial charge in [0.15, 0.2) is 0 Å². The Bertz CT molecular complexity index is 1040. The Morgan fingerprint density at radius 3 is 2.90 bits per heavy atom. The standard InChI is InChI=1S/C23H25N5O/c1-17-24-12-19-8-10-23(21(19)26-17)9-5-11-27(16-23)22(29)20-13-25-28(15-20)14-18-6-3-2-4-7-18/h2-4,6-7,12-13,15H,5,8-11,14,16H2,1H3. The van der Waals surface area contributed by atoms with E-state index in [4.69, 9.17) is 4.98 Å². The molecule has 0 saturated carbocycles. The number of nitrogens with zero attached hydrogens (tertiary/aromatic N) is 5. The summed E-state index contributed by atoms with van der Waals surface area (Å²) < 4.78 is 1.84. The van der Waals surface area contributed by atoms with Gasteiger partial charge in [-0.3, -0.25) is 9.48 Å². The summed E-state index contributed by atoms with van der Waals surface area (Å²) in [7, 11) is 0. The van der Waals surface area contributed by atoms with Crippen LogP contribution in [0.15, 0.2) is 48.9 Å². The first-order valence-corrected chi connectivity index (χ1v) is 10.3. The van der Waals surface area contributed by atoms with Crippen molar-refractivity contribution >= 4 is 5.91 Å². The minimum atomic E-state index is -0.0169. The molecule has 2 aromatic heterocycles. The molecule has 0 bridgehead atoms. The molecule has 1 atom stereocenters. The number of piperidine rings is 1. The lowest BCUT2D eigenvalue weighted by molar-refractivity contribution is 0.0633. The van der Waals surface area contributed by atoms with E-state index in [9.17, 15) is 4.79 Å². The smallest absolute Gasteiger partial charge is 0.257 e. The summed E-state index contributed by atoms with van der Waals surface area (Å²) in [6.07, 6.45) is 9.69. The second kappa shape index (κ2) is 7.10. The van der Waals surface area contributed by atoms with E-state index in [2.05, 4.69) is 22.2 Å². The molecule has 0 N–H and O–H groups in total. The van der Waals surface area contributed by atoms with Crippen LogP contribution in [-0.2, 0) is 18.4 Å². The second-order valence-electron chi connectivity index (χ2n) is 8.31. The lowest BCUT2D eigenvalue weighted by Gasteiger charge is -2.40. The van der Waals surface area contributed by atoms with Gasteiger partial charge < -0.3 is 4.90 Å². The molecule has 6 heteroatoms. The monoisotopic (exact) mass is 387 g/mol. The summed E-state index contributed by atoms with van der Waals surface area (Å²) in [5, 5.41) is 4.41. The average molecular weight is 387 g/mol. The van der Waals surface area contributed by atoms with Crippen LogP contribution >= 0.6 is 0 Å². The maximum absolute atomic E-state index is 13.2. The van der Waals surface area contributed by atoms with Gasteiger partial charge in [0.05, 0.1) is 24.0 Å². The van der Waals surface area contributed by atoms with Gasteiger partial charge in [0.2, 0.25) is 0 Å². The van der Waals surface area contributed by atoms with Gasteiger partial charge in [0.1, 0.15) is 5.82 Å². The highest BCUT2D eigenvalue weighted by atomic mass is 16.2. The van der Waals surface area contributed by atoms with E-state index in [0.29, 0.717) is 12.1 Å². The van der Waals surface area contributed by atoms with Crippen molar-refractivity contribution in [3.8, 4) is 0 Å². The van der Waals surface area contributed by atoms with Crippen LogP contribution in [0, 0.1) is 6.92 Å². The first-order valence-electron chi connectivity index (χ1n) is 10.3. The third-order valence-corrected chi connectivity index (χ3v) is 6.29. The van der Waals surface area contributed by atoms with Crippen LogP contribution in [0.3, 0.4) is 0 Å². The molecule has 1 fully saturated rings. The lowest BCUT2D eigenvalue weighted by atomic mass is 9.77. The number of carbonyl (C=O) groups excluding carboxylic acids is 1. The van der Waals surface area contributed by atoms with Crippen molar-refractivity contribution in [2.45, 2.75) is 44.6 Å². The van der Waals surface area contributed by atoms with Gasteiger partial charge in [-0.25, -0.2) is 9.97 Å². The van der Waals surface area contributed by atoms with Crippen molar-refractivity contribution in [2.75, 3.05) is 13.1 Å². The summed E-state index contributed by atoms with van der Waals surface area (Å²) in [5.41, 5.74) is 4.24. The molecule has 1 aliphatic carbocycles. The number of amides is 1. The predicted octanol–water partition coefficient (Wildman–Crippen LogP) is 3.15. The first kappa shape index (κ1) is 18.0. The predicted molar refractivity (Wildman–Crippen MR) is 110 cm³/mol. The highest BCUT2D eigenvalue weighted by Crippen LogP contribution is 2.44. The van der Waals surface area contributed by atoms with Crippen LogP contribution in [0.5, 0.6) is 0 Å². The Hall–Kier alpha value is -3.02. The minimum Gasteiger partial charge on any atom is -0.338 e. The molecular formula is C23H25N5O. The zero-order chi connectivity index (χ0) is 19.8. The molecule has 1 amide bonds. The van der Waals surface area contributed by atoms with Gasteiger partial charge in [-0.05, 0) is 43.7 Å². The Morgan fingerprint density at radius 1 is 1.17 bits per heavy atom. The molecule has 1 spiro atoms. The van der Waals surface area contributed by atoms with Crippen LogP contribution in [0.4, 0.5) is 0 Å². The van der Waals surface area contributed by atoms with Gasteiger partial charge in [-0.15, -0.1) is 0 Å². The number of rotatable bonds is 3. The zero-order valence-corrected chi connectivity index (χ0v) is 16.7. The number of aryl methyl sites for hydroxylation is 2. The van der Waals surface area contributed by atoms with Crippen LogP contribution in [-0.4, -0.2) is 43.6 Å². The quantitative estimate of drug-likeness (QED) is 0.693. The molecule has 1 aliphatic heterocycles. The van der Waals surface area contributed by atoms with Crippen LogP contribution in [0.2, 0.25) is 0 Å². The number of hydrogen-bond acceptors (Lipinski definition) is 4. The van der Waals surface area contributed by atoms with Gasteiger partial charge >= 0.3 is 0 Å². The number of likely N-dealkylation sites (tertiary alicyclic amines) is 1. The minimum absolute atomic E-state index is 0.0169. The summed E-state index contributed by atoms with van der Waals surface area (Å²) in [5.74, 6) is 0.887. The number of aromatic nitrogens is 4. The topological polar surface area (TPSA) is 63.9 Å². The summed E-state index contributed by atoms with van der Waals surface area (Å²) in [4.78, 5) is 24.4. The van der Waals surface area contributed by atoms with E-state index in [-0.39, 0.29) is 11.3 Å². The summed E-state index contributed by atoms with van der Waals surface area (Å²) >= 11 is 0. The first-order chi connectivity index (χ1) is 14.1. The third kappa shape index (κ3) is 3.33. The van der Waals surface area contributed by atoms with Gasteiger partial charge in [-0.2, -0.15) is 5.10 Å². The molecule has 5 rings (SSSR count). The van der Waals surface area contributed by atoms with E-state index < -0.39 is 0 Å². The molecule has 3 aromatic rings. The van der Waals surface area contributed by atoms with E-state index in [1.807, 2.05) is 47.1 Å². The van der Waals surface area contributed by atoms with Crippen LogP contribution in [0.1, 0.15) is 52.3 Å². The fourth-order valence-electron chi connectivity index (χ4n) is 4.85. The second-order valence-corrected chi connectivity index (χ2v) is 8.31. The van der Waals surface area contributed by atoms with Crippen molar-refractivity contribution in [2.24, 2.45) is 0 Å². The number of benzene rings is 1. The summed E-state index contributed by atoms with van der Waals surface area (Å²) in [6, 6.07) is 10.2. The Morgan fingerprint density at radius 2 is 2.03 bits per heavy atom. The van der Waals surface area contributed by atoms with E-state index in [1.54, 1.807) is 6.20 Å². The molecule has 148 valence electrons. The molecule has 6 nitrogen and oxygen atoms in total. The molecule has 1 aromatic carbocycles. The molecule has 29 heavy (non-hydrogen) atoms. The molecule has 3 heterocycles.